The third kappa shape index (κ3) is 7.47. The van der Waals surface area contributed by atoms with Crippen molar-refractivity contribution in [1.29, 1.82) is 0 Å². The van der Waals surface area contributed by atoms with Gasteiger partial charge in [0.25, 0.3) is 0 Å². The third-order valence-corrected chi connectivity index (χ3v) is 9.15. The first-order valence-electron chi connectivity index (χ1n) is 16.2. The first-order valence-corrected chi connectivity index (χ1v) is 16.2. The van der Waals surface area contributed by atoms with Crippen LogP contribution in [0.2, 0.25) is 0 Å². The topological polar surface area (TPSA) is 308 Å². The average Bonchev–Trinajstić information content (AvgIpc) is 3.12. The average molecular weight is 741 g/mol. The molecule has 3 saturated heterocycles. The van der Waals surface area contributed by atoms with Crippen LogP contribution in [-0.2, 0) is 18.9 Å². The van der Waals surface area contributed by atoms with Gasteiger partial charge in [-0.15, -0.1) is 0 Å². The molecule has 52 heavy (non-hydrogen) atoms. The van der Waals surface area contributed by atoms with Crippen molar-refractivity contribution >= 4 is 0 Å². The molecule has 1 aromatic rings. The van der Waals surface area contributed by atoms with E-state index in [-0.39, 0.29) is 39.9 Å². The van der Waals surface area contributed by atoms with Gasteiger partial charge in [-0.2, -0.15) is 0 Å². The number of aliphatic hydroxyl groups is 10. The Balaban J connectivity index is 1.33. The molecule has 6 rings (SSSR count). The lowest BCUT2D eigenvalue weighted by molar-refractivity contribution is -0.318. The Kier molecular flexibility index (Phi) is 11.4. The lowest BCUT2D eigenvalue weighted by Gasteiger charge is -2.42. The zero-order valence-corrected chi connectivity index (χ0v) is 27.3. The highest BCUT2D eigenvalue weighted by molar-refractivity contribution is 5.75. The van der Waals surface area contributed by atoms with Crippen molar-refractivity contribution in [1.82, 2.24) is 0 Å². The van der Waals surface area contributed by atoms with E-state index in [9.17, 15) is 61.0 Å². The van der Waals surface area contributed by atoms with Crippen LogP contribution in [0, 0.1) is 0 Å². The second-order valence-corrected chi connectivity index (χ2v) is 12.8. The lowest BCUT2D eigenvalue weighted by Crippen LogP contribution is -2.61. The van der Waals surface area contributed by atoms with Gasteiger partial charge in [0, 0.05) is 17.7 Å². The molecular weight excluding hydrogens is 700 g/mol. The Bertz CT molecular complexity index is 1680. The number of phenolic OH excluding ortho intramolecular Hbond substituents is 1. The van der Waals surface area contributed by atoms with Crippen LogP contribution in [0.25, 0.3) is 22.6 Å². The fraction of sp³-hybridized carbons (Fsp3) is 0.545. The SMILES string of the molecule is C[C@@H]1O[C@@H](OC[C@H]2O[C@@H](Oc3cc4c(O[C@@H]5O[C@H](CO)[C@@H](O)[C@H](O)[C@H]5O)cc(=O)cc-4oc3-c3ccc(O)cc3)[C@H](O)[C@@H](O)[C@@H]2O)[C@H](O)[C@H](O)[C@H]1O. The van der Waals surface area contributed by atoms with Gasteiger partial charge in [-0.1, -0.05) is 0 Å². The van der Waals surface area contributed by atoms with Gasteiger partial charge in [-0.3, -0.25) is 4.79 Å². The normalized spacial score (nSPS) is 38.2. The van der Waals surface area contributed by atoms with E-state index in [2.05, 4.69) is 0 Å². The Labute approximate surface area is 293 Å². The van der Waals surface area contributed by atoms with E-state index >= 15 is 0 Å². The number of aromatic hydroxyl groups is 1. The van der Waals surface area contributed by atoms with E-state index < -0.39 is 111 Å². The summed E-state index contributed by atoms with van der Waals surface area (Å²) in [5, 5.41) is 113. The van der Waals surface area contributed by atoms with Gasteiger partial charge >= 0.3 is 0 Å². The van der Waals surface area contributed by atoms with Gasteiger partial charge in [-0.05, 0) is 37.3 Å². The maximum atomic E-state index is 12.7. The molecule has 1 aliphatic carbocycles. The van der Waals surface area contributed by atoms with Crippen LogP contribution in [0.3, 0.4) is 0 Å². The molecule has 0 unspecified atom stereocenters. The van der Waals surface area contributed by atoms with E-state index in [1.165, 1.54) is 37.3 Å². The lowest BCUT2D eigenvalue weighted by atomic mass is 9.98. The summed E-state index contributed by atoms with van der Waals surface area (Å²) >= 11 is 0. The molecule has 1 aromatic carbocycles. The molecule has 0 saturated carbocycles. The molecule has 0 radical (unpaired) electrons. The van der Waals surface area contributed by atoms with Crippen LogP contribution in [0.5, 0.6) is 17.2 Å². The number of hydrogen-bond donors (Lipinski definition) is 11. The number of hydrogen-bond acceptors (Lipinski definition) is 19. The molecule has 0 amide bonds. The Morgan fingerprint density at radius 1 is 0.635 bits per heavy atom. The maximum absolute atomic E-state index is 12.7. The summed E-state index contributed by atoms with van der Waals surface area (Å²) in [6.45, 7) is 0.119. The summed E-state index contributed by atoms with van der Waals surface area (Å²) in [6.07, 6.45) is -24.1. The number of benzene rings is 2. The molecular formula is C33H40O19. The van der Waals surface area contributed by atoms with Gasteiger partial charge in [0.15, 0.2) is 23.2 Å². The van der Waals surface area contributed by atoms with Crippen molar-refractivity contribution in [2.24, 2.45) is 0 Å². The first kappa shape index (κ1) is 38.2. The number of aliphatic hydroxyl groups excluding tert-OH is 10. The van der Waals surface area contributed by atoms with Crippen molar-refractivity contribution in [3.8, 4) is 39.9 Å². The van der Waals surface area contributed by atoms with Crippen LogP contribution >= 0.6 is 0 Å². The summed E-state index contributed by atoms with van der Waals surface area (Å²) in [6, 6.07) is 8.92. The van der Waals surface area contributed by atoms with E-state index in [0.29, 0.717) is 0 Å². The number of ether oxygens (including phenoxy) is 6. The Morgan fingerprint density at radius 2 is 1.19 bits per heavy atom. The quantitative estimate of drug-likeness (QED) is 0.101. The molecule has 0 spiro atoms. The molecule has 11 N–H and O–H groups in total. The standard InChI is InChI=1S/C33H40O19/c1-11-21(37)24(40)27(43)31(47-11)46-10-20-23(39)26(42)29(45)33(52-20)50-18-8-15-16(48-30(18)12-2-4-13(35)5-3-12)6-14(36)7-17(15)49-32-28(44)25(41)22(38)19(9-34)51-32/h2-8,11,19-29,31-35,37-45H,9-10H2,1H3/t11-,19+,20+,21-,22+,23+,24+,25-,26-,27+,28+,29+,31+,32+,33+/m0/s1. The molecule has 3 fully saturated rings. The van der Waals surface area contributed by atoms with Gasteiger partial charge in [0.1, 0.15) is 84.4 Å². The van der Waals surface area contributed by atoms with Crippen LogP contribution in [0.15, 0.2) is 51.7 Å². The highest BCUT2D eigenvalue weighted by Crippen LogP contribution is 2.43. The first-order chi connectivity index (χ1) is 24.7. The molecule has 4 heterocycles. The highest BCUT2D eigenvalue weighted by atomic mass is 16.7. The van der Waals surface area contributed by atoms with E-state index in [4.69, 9.17) is 32.8 Å². The Hall–Kier alpha value is -3.51. The molecule has 0 bridgehead atoms. The molecule has 0 aromatic heterocycles. The van der Waals surface area contributed by atoms with Crippen LogP contribution in [-0.4, -0.2) is 162 Å². The molecule has 15 atom stereocenters. The maximum Gasteiger partial charge on any atom is 0.229 e. The van der Waals surface area contributed by atoms with Crippen molar-refractivity contribution in [3.05, 3.63) is 52.7 Å². The molecule has 19 heteroatoms. The number of rotatable bonds is 9. The van der Waals surface area contributed by atoms with Gasteiger partial charge in [0.05, 0.1) is 24.9 Å². The van der Waals surface area contributed by atoms with Gasteiger partial charge in [0.2, 0.25) is 12.6 Å². The van der Waals surface area contributed by atoms with Crippen molar-refractivity contribution in [2.45, 2.75) is 99.0 Å². The largest absolute Gasteiger partial charge is 0.508 e. The van der Waals surface area contributed by atoms with Crippen LogP contribution in [0.4, 0.5) is 0 Å². The minimum absolute atomic E-state index is 0.0122. The molecule has 286 valence electrons. The predicted octanol–water partition coefficient (Wildman–Crippen LogP) is -3.67. The van der Waals surface area contributed by atoms with Crippen molar-refractivity contribution < 1.29 is 89.0 Å². The number of phenols is 1. The summed E-state index contributed by atoms with van der Waals surface area (Å²) in [5.41, 5.74) is -0.333. The van der Waals surface area contributed by atoms with Crippen molar-refractivity contribution in [2.75, 3.05) is 13.2 Å². The molecule has 4 aliphatic heterocycles. The van der Waals surface area contributed by atoms with Crippen molar-refractivity contribution in [3.63, 3.8) is 0 Å². The predicted molar refractivity (Wildman–Crippen MR) is 169 cm³/mol. The van der Waals surface area contributed by atoms with Crippen LogP contribution < -0.4 is 14.9 Å². The zero-order valence-electron chi connectivity index (χ0n) is 27.3. The van der Waals surface area contributed by atoms with E-state index in [1.54, 1.807) is 0 Å². The zero-order chi connectivity index (χ0) is 37.6. The summed E-state index contributed by atoms with van der Waals surface area (Å²) in [5.74, 6) is -0.751. The minimum Gasteiger partial charge on any atom is -0.508 e. The van der Waals surface area contributed by atoms with Gasteiger partial charge in [-0.25, -0.2) is 0 Å². The molecule has 19 nitrogen and oxygen atoms in total. The fourth-order valence-corrected chi connectivity index (χ4v) is 6.07. The minimum atomic E-state index is -1.89. The summed E-state index contributed by atoms with van der Waals surface area (Å²) in [7, 11) is 0. The van der Waals surface area contributed by atoms with Crippen LogP contribution in [0.1, 0.15) is 6.92 Å². The number of fused-ring (bicyclic) bond motifs is 1. The smallest absolute Gasteiger partial charge is 0.229 e. The molecule has 5 aliphatic rings. The Morgan fingerprint density at radius 3 is 1.83 bits per heavy atom. The second kappa shape index (κ2) is 15.5. The monoisotopic (exact) mass is 740 g/mol. The second-order valence-electron chi connectivity index (χ2n) is 12.8. The third-order valence-electron chi connectivity index (χ3n) is 9.15. The highest BCUT2D eigenvalue weighted by Gasteiger charge is 2.48. The summed E-state index contributed by atoms with van der Waals surface area (Å²) in [4.78, 5) is 12.7. The van der Waals surface area contributed by atoms with E-state index in [0.717, 1.165) is 12.1 Å². The van der Waals surface area contributed by atoms with E-state index in [1.807, 2.05) is 0 Å². The fourth-order valence-electron chi connectivity index (χ4n) is 6.07. The van der Waals surface area contributed by atoms with Gasteiger partial charge < -0.3 is 89.0 Å². The summed E-state index contributed by atoms with van der Waals surface area (Å²) < 4.78 is 40.0.